The van der Waals surface area contributed by atoms with Crippen molar-refractivity contribution in [2.45, 2.75) is 23.5 Å². The number of nitrogens with zero attached hydrogens (tertiary/aromatic N) is 4. The number of nitrogens with one attached hydrogen (secondary N) is 1. The quantitative estimate of drug-likeness (QED) is 0.379. The SMILES string of the molecule is C[C@@H](Sc1nnc(-c2ccncc2)n1-c1ccccc1)C(=O)Nc1cccc(C(F)(F)F)c1. The van der Waals surface area contributed by atoms with Crippen LogP contribution in [0.2, 0.25) is 0 Å². The van der Waals surface area contributed by atoms with Crippen LogP contribution in [-0.2, 0) is 11.0 Å². The van der Waals surface area contributed by atoms with Gasteiger partial charge in [0.1, 0.15) is 0 Å². The second-order valence-electron chi connectivity index (χ2n) is 7.04. The number of amides is 1. The molecule has 0 aliphatic carbocycles. The average Bonchev–Trinajstić information content (AvgIpc) is 3.23. The van der Waals surface area contributed by atoms with Crippen molar-refractivity contribution in [1.29, 1.82) is 0 Å². The first-order valence-electron chi connectivity index (χ1n) is 9.89. The van der Waals surface area contributed by atoms with Crippen LogP contribution in [0.3, 0.4) is 0 Å². The molecule has 0 bridgehead atoms. The molecule has 4 aromatic rings. The molecule has 0 saturated heterocycles. The van der Waals surface area contributed by atoms with Gasteiger partial charge in [-0.05, 0) is 49.4 Å². The molecule has 1 atom stereocenters. The fourth-order valence-corrected chi connectivity index (χ4v) is 3.94. The van der Waals surface area contributed by atoms with E-state index in [-0.39, 0.29) is 5.69 Å². The highest BCUT2D eigenvalue weighted by molar-refractivity contribution is 8.00. The van der Waals surface area contributed by atoms with Gasteiger partial charge < -0.3 is 5.32 Å². The number of aromatic nitrogens is 4. The monoisotopic (exact) mass is 469 g/mol. The highest BCUT2D eigenvalue weighted by Gasteiger charge is 2.30. The molecule has 168 valence electrons. The van der Waals surface area contributed by atoms with Crippen LogP contribution in [0.25, 0.3) is 17.1 Å². The maximum absolute atomic E-state index is 13.0. The van der Waals surface area contributed by atoms with Crippen LogP contribution in [0.15, 0.2) is 84.3 Å². The van der Waals surface area contributed by atoms with Crippen molar-refractivity contribution < 1.29 is 18.0 Å². The second kappa shape index (κ2) is 9.45. The van der Waals surface area contributed by atoms with Crippen molar-refractivity contribution >= 4 is 23.4 Å². The molecule has 2 heterocycles. The van der Waals surface area contributed by atoms with Crippen LogP contribution in [0.5, 0.6) is 0 Å². The maximum Gasteiger partial charge on any atom is 0.416 e. The lowest BCUT2D eigenvalue weighted by Gasteiger charge is -2.15. The van der Waals surface area contributed by atoms with E-state index in [2.05, 4.69) is 20.5 Å². The summed E-state index contributed by atoms with van der Waals surface area (Å²) in [6.07, 6.45) is -1.19. The largest absolute Gasteiger partial charge is 0.416 e. The highest BCUT2D eigenvalue weighted by atomic mass is 32.2. The van der Waals surface area contributed by atoms with Crippen molar-refractivity contribution in [3.63, 3.8) is 0 Å². The number of rotatable bonds is 6. The Balaban J connectivity index is 1.59. The summed E-state index contributed by atoms with van der Waals surface area (Å²) in [5.41, 5.74) is 0.854. The molecular formula is C23H18F3N5OS. The molecule has 33 heavy (non-hydrogen) atoms. The van der Waals surface area contributed by atoms with Gasteiger partial charge in [0.15, 0.2) is 11.0 Å². The molecule has 0 saturated carbocycles. The van der Waals surface area contributed by atoms with E-state index in [0.717, 1.165) is 35.1 Å². The Morgan fingerprint density at radius 3 is 2.42 bits per heavy atom. The minimum absolute atomic E-state index is 0.0734. The van der Waals surface area contributed by atoms with Crippen molar-refractivity contribution in [1.82, 2.24) is 19.7 Å². The van der Waals surface area contributed by atoms with E-state index in [9.17, 15) is 18.0 Å². The zero-order chi connectivity index (χ0) is 23.4. The molecule has 0 aliphatic rings. The lowest BCUT2D eigenvalue weighted by molar-refractivity contribution is -0.137. The summed E-state index contributed by atoms with van der Waals surface area (Å²) < 4.78 is 40.7. The Morgan fingerprint density at radius 2 is 1.73 bits per heavy atom. The van der Waals surface area contributed by atoms with Crippen LogP contribution >= 0.6 is 11.8 Å². The number of benzene rings is 2. The summed E-state index contributed by atoms with van der Waals surface area (Å²) in [7, 11) is 0. The van der Waals surface area contributed by atoms with E-state index >= 15 is 0 Å². The third kappa shape index (κ3) is 5.23. The third-order valence-electron chi connectivity index (χ3n) is 4.70. The first-order valence-corrected chi connectivity index (χ1v) is 10.8. The van der Waals surface area contributed by atoms with Gasteiger partial charge in [0, 0.05) is 29.3 Å². The number of alkyl halides is 3. The number of halogens is 3. The number of pyridine rings is 1. The predicted molar refractivity (Wildman–Crippen MR) is 120 cm³/mol. The Bertz CT molecular complexity index is 1250. The average molecular weight is 469 g/mol. The predicted octanol–water partition coefficient (Wildman–Crippen LogP) is 5.47. The zero-order valence-electron chi connectivity index (χ0n) is 17.3. The second-order valence-corrected chi connectivity index (χ2v) is 8.35. The number of hydrogen-bond acceptors (Lipinski definition) is 5. The number of carbonyl (C=O) groups excluding carboxylic acids is 1. The number of para-hydroxylation sites is 1. The molecule has 6 nitrogen and oxygen atoms in total. The summed E-state index contributed by atoms with van der Waals surface area (Å²) >= 11 is 1.16. The molecular weight excluding hydrogens is 451 g/mol. The Kier molecular flexibility index (Phi) is 6.45. The van der Waals surface area contributed by atoms with Gasteiger partial charge in [-0.15, -0.1) is 10.2 Å². The fourth-order valence-electron chi connectivity index (χ4n) is 3.07. The van der Waals surface area contributed by atoms with Gasteiger partial charge in [-0.1, -0.05) is 36.0 Å². The van der Waals surface area contributed by atoms with Gasteiger partial charge in [0.2, 0.25) is 5.91 Å². The Labute approximate surface area is 191 Å². The number of thioether (sulfide) groups is 1. The Hall–Kier alpha value is -3.66. The number of anilines is 1. The van der Waals surface area contributed by atoms with E-state index in [1.54, 1.807) is 19.3 Å². The van der Waals surface area contributed by atoms with Crippen LogP contribution in [0.4, 0.5) is 18.9 Å². The van der Waals surface area contributed by atoms with E-state index in [1.807, 2.05) is 47.0 Å². The van der Waals surface area contributed by atoms with Gasteiger partial charge in [0.25, 0.3) is 0 Å². The molecule has 0 radical (unpaired) electrons. The van der Waals surface area contributed by atoms with Crippen molar-refractivity contribution in [2.75, 3.05) is 5.32 Å². The summed E-state index contributed by atoms with van der Waals surface area (Å²) in [5, 5.41) is 10.9. The number of hydrogen-bond donors (Lipinski definition) is 1. The molecule has 10 heteroatoms. The van der Waals surface area contributed by atoms with Crippen LogP contribution in [-0.4, -0.2) is 30.9 Å². The summed E-state index contributed by atoms with van der Waals surface area (Å²) in [5.74, 6) is 0.129. The van der Waals surface area contributed by atoms with Gasteiger partial charge in [-0.2, -0.15) is 13.2 Å². The van der Waals surface area contributed by atoms with Crippen LogP contribution in [0.1, 0.15) is 12.5 Å². The minimum Gasteiger partial charge on any atom is -0.325 e. The summed E-state index contributed by atoms with van der Waals surface area (Å²) in [6.45, 7) is 1.66. The van der Waals surface area contributed by atoms with Crippen LogP contribution in [0, 0.1) is 0 Å². The van der Waals surface area contributed by atoms with E-state index < -0.39 is 22.9 Å². The summed E-state index contributed by atoms with van der Waals surface area (Å²) in [6, 6.07) is 17.6. The normalized spacial score (nSPS) is 12.4. The molecule has 2 aromatic carbocycles. The topological polar surface area (TPSA) is 72.7 Å². The fraction of sp³-hybridized carbons (Fsp3) is 0.130. The van der Waals surface area contributed by atoms with E-state index in [0.29, 0.717) is 11.0 Å². The molecule has 1 amide bonds. The van der Waals surface area contributed by atoms with Gasteiger partial charge >= 0.3 is 6.18 Å². The maximum atomic E-state index is 13.0. The molecule has 0 fully saturated rings. The van der Waals surface area contributed by atoms with Gasteiger partial charge in [-0.3, -0.25) is 14.3 Å². The standard InChI is InChI=1S/C23H18F3N5OS/c1-15(21(32)28-18-7-5-6-17(14-18)23(24,25)26)33-22-30-29-20(16-10-12-27-13-11-16)31(22)19-8-3-2-4-9-19/h2-15H,1H3,(H,28,32)/t15-/m1/s1. The highest BCUT2D eigenvalue weighted by Crippen LogP contribution is 2.32. The molecule has 0 spiro atoms. The molecule has 4 rings (SSSR count). The minimum atomic E-state index is -4.49. The van der Waals surface area contributed by atoms with Crippen LogP contribution < -0.4 is 5.32 Å². The molecule has 2 aromatic heterocycles. The van der Waals surface area contributed by atoms with Gasteiger partial charge in [-0.25, -0.2) is 0 Å². The van der Waals surface area contributed by atoms with Crippen molar-refractivity contribution in [3.8, 4) is 17.1 Å². The van der Waals surface area contributed by atoms with Crippen molar-refractivity contribution in [3.05, 3.63) is 84.7 Å². The first kappa shape index (κ1) is 22.5. The van der Waals surface area contributed by atoms with E-state index in [4.69, 9.17) is 0 Å². The molecule has 1 N–H and O–H groups in total. The smallest absolute Gasteiger partial charge is 0.325 e. The first-order chi connectivity index (χ1) is 15.8. The molecule has 0 unspecified atom stereocenters. The lowest BCUT2D eigenvalue weighted by atomic mass is 10.2. The van der Waals surface area contributed by atoms with Gasteiger partial charge in [0.05, 0.1) is 10.8 Å². The molecule has 0 aliphatic heterocycles. The van der Waals surface area contributed by atoms with Crippen molar-refractivity contribution in [2.24, 2.45) is 0 Å². The third-order valence-corrected chi connectivity index (χ3v) is 5.74. The van der Waals surface area contributed by atoms with E-state index in [1.165, 1.54) is 12.1 Å². The Morgan fingerprint density at radius 1 is 1.00 bits per heavy atom. The lowest BCUT2D eigenvalue weighted by Crippen LogP contribution is -2.23. The number of carbonyl (C=O) groups is 1. The summed E-state index contributed by atoms with van der Waals surface area (Å²) in [4.78, 5) is 16.8. The zero-order valence-corrected chi connectivity index (χ0v) is 18.1.